The largest absolute Gasteiger partial charge is 0.352 e. The maximum absolute atomic E-state index is 13.7. The molecule has 0 unspecified atom stereocenters. The van der Waals surface area contributed by atoms with Crippen molar-refractivity contribution in [2.75, 3.05) is 6.54 Å². The second kappa shape index (κ2) is 10.6. The Labute approximate surface area is 197 Å². The summed E-state index contributed by atoms with van der Waals surface area (Å²) >= 11 is 1.60. The van der Waals surface area contributed by atoms with Crippen molar-refractivity contribution in [1.29, 1.82) is 0 Å². The van der Waals surface area contributed by atoms with Gasteiger partial charge >= 0.3 is 0 Å². The number of fused-ring (bicyclic) bond motifs is 1. The highest BCUT2D eigenvalue weighted by molar-refractivity contribution is 7.98. The summed E-state index contributed by atoms with van der Waals surface area (Å²) < 4.78 is 15.7. The highest BCUT2D eigenvalue weighted by Crippen LogP contribution is 2.27. The minimum Gasteiger partial charge on any atom is -0.352 e. The Morgan fingerprint density at radius 2 is 1.91 bits per heavy atom. The molecule has 0 saturated heterocycles. The second-order valence-electron chi connectivity index (χ2n) is 8.38. The lowest BCUT2D eigenvalue weighted by atomic mass is 10.1. The Balaban J connectivity index is 1.46. The van der Waals surface area contributed by atoms with Crippen molar-refractivity contribution >= 4 is 28.8 Å². The molecule has 170 valence electrons. The van der Waals surface area contributed by atoms with Crippen molar-refractivity contribution in [1.82, 2.24) is 19.9 Å². The first kappa shape index (κ1) is 23.0. The van der Waals surface area contributed by atoms with E-state index in [-0.39, 0.29) is 11.7 Å². The van der Waals surface area contributed by atoms with Gasteiger partial charge in [0.05, 0.1) is 6.54 Å². The molecule has 33 heavy (non-hydrogen) atoms. The van der Waals surface area contributed by atoms with E-state index in [1.54, 1.807) is 24.0 Å². The molecule has 0 spiro atoms. The van der Waals surface area contributed by atoms with Gasteiger partial charge in [-0.15, -0.1) is 0 Å². The van der Waals surface area contributed by atoms with Gasteiger partial charge in [0.25, 0.3) is 5.91 Å². The molecule has 0 atom stereocenters. The maximum Gasteiger partial charge on any atom is 0.251 e. The minimum absolute atomic E-state index is 0.0437. The molecule has 0 saturated carbocycles. The van der Waals surface area contributed by atoms with Gasteiger partial charge in [0.15, 0.2) is 10.8 Å². The summed E-state index contributed by atoms with van der Waals surface area (Å²) in [6.45, 7) is 5.45. The molecule has 5 nitrogen and oxygen atoms in total. The van der Waals surface area contributed by atoms with Gasteiger partial charge in [0.1, 0.15) is 11.3 Å². The van der Waals surface area contributed by atoms with E-state index in [2.05, 4.69) is 24.1 Å². The van der Waals surface area contributed by atoms with Crippen LogP contribution in [-0.4, -0.2) is 27.0 Å². The number of thioether (sulfide) groups is 1. The van der Waals surface area contributed by atoms with Crippen LogP contribution in [0.2, 0.25) is 0 Å². The fraction of sp³-hybridized carbons (Fsp3) is 0.269. The highest BCUT2D eigenvalue weighted by atomic mass is 32.2. The molecule has 0 aliphatic rings. The van der Waals surface area contributed by atoms with Crippen LogP contribution in [0.15, 0.2) is 72.0 Å². The Morgan fingerprint density at radius 3 is 2.67 bits per heavy atom. The Bertz CT molecular complexity index is 1240. The molecule has 2 heterocycles. The standard InChI is InChI=1S/C26H27FN4OS/c1-18(2)12-14-29-25(32)21-10-8-19(9-11-21)17-33-26-30-23-7-4-13-28-24(23)31(26)16-20-5-3-6-22(27)15-20/h3-11,13,15,18H,12,14,16-17H2,1-2H3,(H,29,32). The van der Waals surface area contributed by atoms with Crippen LogP contribution >= 0.6 is 11.8 Å². The fourth-order valence-corrected chi connectivity index (χ4v) is 4.44. The van der Waals surface area contributed by atoms with Crippen LogP contribution < -0.4 is 5.32 Å². The number of hydrogen-bond donors (Lipinski definition) is 1. The number of aromatic nitrogens is 3. The van der Waals surface area contributed by atoms with Gasteiger partial charge in [-0.1, -0.05) is 49.9 Å². The van der Waals surface area contributed by atoms with Crippen LogP contribution in [0, 0.1) is 11.7 Å². The molecule has 0 radical (unpaired) electrons. The highest BCUT2D eigenvalue weighted by Gasteiger charge is 2.13. The zero-order chi connectivity index (χ0) is 23.2. The normalized spacial score (nSPS) is 11.3. The maximum atomic E-state index is 13.7. The van der Waals surface area contributed by atoms with Crippen molar-refractivity contribution < 1.29 is 9.18 Å². The number of halogens is 1. The second-order valence-corrected chi connectivity index (χ2v) is 9.32. The van der Waals surface area contributed by atoms with Gasteiger partial charge in [-0.3, -0.25) is 9.36 Å². The molecule has 0 aliphatic carbocycles. The number of benzene rings is 2. The number of imidazole rings is 1. The fourth-order valence-electron chi connectivity index (χ4n) is 3.48. The average Bonchev–Trinajstić information content (AvgIpc) is 3.15. The molecule has 2 aromatic heterocycles. The molecule has 1 amide bonds. The Morgan fingerprint density at radius 1 is 1.09 bits per heavy atom. The smallest absolute Gasteiger partial charge is 0.251 e. The third-order valence-corrected chi connectivity index (χ3v) is 6.34. The van der Waals surface area contributed by atoms with Crippen molar-refractivity contribution in [2.45, 2.75) is 37.7 Å². The van der Waals surface area contributed by atoms with Gasteiger partial charge in [-0.05, 0) is 59.9 Å². The molecule has 2 aromatic carbocycles. The van der Waals surface area contributed by atoms with Crippen molar-refractivity contribution in [3.05, 3.63) is 89.4 Å². The van der Waals surface area contributed by atoms with Gasteiger partial charge in [-0.25, -0.2) is 14.4 Å². The summed E-state index contributed by atoms with van der Waals surface area (Å²) in [5, 5.41) is 3.79. The predicted octanol–water partition coefficient (Wildman–Crippen LogP) is 5.69. The summed E-state index contributed by atoms with van der Waals surface area (Å²) in [7, 11) is 0. The molecule has 7 heteroatoms. The van der Waals surface area contributed by atoms with Crippen LogP contribution in [0.25, 0.3) is 11.2 Å². The number of pyridine rings is 1. The molecule has 0 fully saturated rings. The summed E-state index contributed by atoms with van der Waals surface area (Å²) in [5.41, 5.74) is 4.20. The van der Waals surface area contributed by atoms with Crippen molar-refractivity contribution in [3.63, 3.8) is 0 Å². The van der Waals surface area contributed by atoms with E-state index >= 15 is 0 Å². The van der Waals surface area contributed by atoms with Crippen LogP contribution in [0.1, 0.15) is 41.8 Å². The molecule has 1 N–H and O–H groups in total. The third-order valence-electron chi connectivity index (χ3n) is 5.29. The van der Waals surface area contributed by atoms with E-state index < -0.39 is 0 Å². The lowest BCUT2D eigenvalue weighted by Gasteiger charge is -2.10. The number of carbonyl (C=O) groups is 1. The summed E-state index contributed by atoms with van der Waals surface area (Å²) in [6, 6.07) is 18.1. The topological polar surface area (TPSA) is 59.8 Å². The van der Waals surface area contributed by atoms with Gasteiger partial charge in [0.2, 0.25) is 0 Å². The first-order chi connectivity index (χ1) is 16.0. The zero-order valence-electron chi connectivity index (χ0n) is 18.8. The third kappa shape index (κ3) is 5.99. The summed E-state index contributed by atoms with van der Waals surface area (Å²) in [6.07, 6.45) is 2.71. The van der Waals surface area contributed by atoms with Crippen LogP contribution in [-0.2, 0) is 12.3 Å². The molecule has 4 aromatic rings. The van der Waals surface area contributed by atoms with E-state index in [9.17, 15) is 9.18 Å². The minimum atomic E-state index is -0.257. The number of nitrogens with one attached hydrogen (secondary N) is 1. The molecular weight excluding hydrogens is 435 g/mol. The lowest BCUT2D eigenvalue weighted by Crippen LogP contribution is -2.25. The van der Waals surface area contributed by atoms with E-state index in [1.807, 2.05) is 47.0 Å². The van der Waals surface area contributed by atoms with Gasteiger partial charge in [0, 0.05) is 24.1 Å². The molecule has 4 rings (SSSR count). The van der Waals surface area contributed by atoms with Crippen LogP contribution in [0.4, 0.5) is 4.39 Å². The molecular formula is C26H27FN4OS. The quantitative estimate of drug-likeness (QED) is 0.325. The first-order valence-electron chi connectivity index (χ1n) is 11.1. The summed E-state index contributed by atoms with van der Waals surface area (Å²) in [5.74, 6) is 0.956. The molecule has 0 aliphatic heterocycles. The van der Waals surface area contributed by atoms with Gasteiger partial charge < -0.3 is 5.32 Å². The van der Waals surface area contributed by atoms with Crippen LogP contribution in [0.3, 0.4) is 0 Å². The number of amides is 1. The molecule has 0 bridgehead atoms. The predicted molar refractivity (Wildman–Crippen MR) is 131 cm³/mol. The van der Waals surface area contributed by atoms with Crippen molar-refractivity contribution in [2.24, 2.45) is 5.92 Å². The summed E-state index contributed by atoms with van der Waals surface area (Å²) in [4.78, 5) is 21.5. The van der Waals surface area contributed by atoms with Crippen molar-refractivity contribution in [3.8, 4) is 0 Å². The average molecular weight is 463 g/mol. The van der Waals surface area contributed by atoms with E-state index in [1.165, 1.54) is 12.1 Å². The van der Waals surface area contributed by atoms with Gasteiger partial charge in [-0.2, -0.15) is 0 Å². The monoisotopic (exact) mass is 462 g/mol. The number of hydrogen-bond acceptors (Lipinski definition) is 4. The first-order valence-corrected chi connectivity index (χ1v) is 12.0. The van der Waals surface area contributed by atoms with E-state index in [0.29, 0.717) is 30.3 Å². The number of nitrogens with zero attached hydrogens (tertiary/aromatic N) is 3. The van der Waals surface area contributed by atoms with Crippen LogP contribution in [0.5, 0.6) is 0 Å². The zero-order valence-corrected chi connectivity index (χ0v) is 19.6. The Kier molecular flexibility index (Phi) is 7.40. The lowest BCUT2D eigenvalue weighted by molar-refractivity contribution is 0.0952. The number of carbonyl (C=O) groups excluding carboxylic acids is 1. The Hall–Kier alpha value is -3.19. The van der Waals surface area contributed by atoms with E-state index in [0.717, 1.165) is 33.9 Å². The number of rotatable bonds is 9. The van der Waals surface area contributed by atoms with E-state index in [4.69, 9.17) is 4.98 Å². The SMILES string of the molecule is CC(C)CCNC(=O)c1ccc(CSc2nc3cccnc3n2Cc2cccc(F)c2)cc1.